The van der Waals surface area contributed by atoms with Gasteiger partial charge in [0, 0.05) is 23.1 Å². The first kappa shape index (κ1) is 19.2. The Bertz CT molecular complexity index is 779. The van der Waals surface area contributed by atoms with Crippen LogP contribution in [0.4, 0.5) is 13.2 Å². The van der Waals surface area contributed by atoms with Gasteiger partial charge in [-0.3, -0.25) is 4.79 Å². The molecule has 0 radical (unpaired) electrons. The number of piperidine rings is 1. The number of amides is 1. The van der Waals surface area contributed by atoms with Gasteiger partial charge in [-0.1, -0.05) is 12.0 Å². The second kappa shape index (κ2) is 7.24. The molecule has 8 heteroatoms. The van der Waals surface area contributed by atoms with Crippen molar-refractivity contribution >= 4 is 11.9 Å². The molecule has 1 unspecified atom stereocenters. The first-order valence-corrected chi connectivity index (χ1v) is 8.63. The molecule has 2 heterocycles. The van der Waals surface area contributed by atoms with E-state index >= 15 is 0 Å². The topological polar surface area (TPSA) is 58.6 Å². The molecule has 27 heavy (non-hydrogen) atoms. The maximum absolute atomic E-state index is 13.0. The molecule has 0 bridgehead atoms. The van der Waals surface area contributed by atoms with E-state index in [4.69, 9.17) is 11.2 Å². The monoisotopic (exact) mass is 380 g/mol. The summed E-state index contributed by atoms with van der Waals surface area (Å²) in [5, 5.41) is 3.14. The van der Waals surface area contributed by atoms with Gasteiger partial charge in [-0.25, -0.2) is 4.79 Å². The van der Waals surface area contributed by atoms with Gasteiger partial charge < -0.3 is 15.0 Å². The summed E-state index contributed by atoms with van der Waals surface area (Å²) in [5.41, 5.74) is 0.0656. The maximum atomic E-state index is 13.0. The number of nitrogens with zero attached hydrogens (tertiary/aromatic N) is 1. The lowest BCUT2D eigenvalue weighted by Crippen LogP contribution is -2.51. The van der Waals surface area contributed by atoms with Crippen LogP contribution in [0.3, 0.4) is 0 Å². The number of carbonyl (C=O) groups excluding carboxylic acids is 2. The molecule has 2 aliphatic heterocycles. The number of rotatable bonds is 2. The van der Waals surface area contributed by atoms with E-state index in [0.717, 1.165) is 0 Å². The van der Waals surface area contributed by atoms with E-state index in [1.807, 2.05) is 0 Å². The zero-order chi connectivity index (χ0) is 19.7. The van der Waals surface area contributed by atoms with Crippen molar-refractivity contribution in [2.24, 2.45) is 5.41 Å². The van der Waals surface area contributed by atoms with Gasteiger partial charge in [0.15, 0.2) is 6.23 Å². The summed E-state index contributed by atoms with van der Waals surface area (Å²) in [6.45, 7) is 1.40. The number of terminal acetylenes is 1. The quantitative estimate of drug-likeness (QED) is 0.632. The van der Waals surface area contributed by atoms with E-state index in [2.05, 4.69) is 11.2 Å². The highest BCUT2D eigenvalue weighted by atomic mass is 19.4. The zero-order valence-corrected chi connectivity index (χ0v) is 14.5. The van der Waals surface area contributed by atoms with Gasteiger partial charge in [-0.15, -0.1) is 6.42 Å². The molecule has 3 rings (SSSR count). The molecule has 2 aliphatic rings. The van der Waals surface area contributed by atoms with Crippen molar-refractivity contribution in [3.8, 4) is 12.3 Å². The Balaban J connectivity index is 1.91. The Hall–Kier alpha value is -2.53. The Kier molecular flexibility index (Phi) is 5.16. The first-order chi connectivity index (χ1) is 12.8. The van der Waals surface area contributed by atoms with Crippen LogP contribution in [0.2, 0.25) is 0 Å². The smallest absolute Gasteiger partial charge is 0.434 e. The van der Waals surface area contributed by atoms with Crippen molar-refractivity contribution in [1.29, 1.82) is 0 Å². The van der Waals surface area contributed by atoms with Crippen molar-refractivity contribution in [2.45, 2.75) is 31.7 Å². The van der Waals surface area contributed by atoms with E-state index in [9.17, 15) is 22.8 Å². The third-order valence-electron chi connectivity index (χ3n) is 5.24. The van der Waals surface area contributed by atoms with Crippen molar-refractivity contribution in [1.82, 2.24) is 10.2 Å². The predicted molar refractivity (Wildman–Crippen MR) is 90.5 cm³/mol. The fourth-order valence-corrected chi connectivity index (χ4v) is 3.81. The van der Waals surface area contributed by atoms with Gasteiger partial charge >= 0.3 is 12.1 Å². The van der Waals surface area contributed by atoms with Crippen LogP contribution in [0, 0.1) is 17.8 Å². The molecule has 2 fully saturated rings. The molecule has 0 aliphatic carbocycles. The standard InChI is InChI=1S/C19H19F3N2O3/c1-2-13-4-3-5-14(12-13)15(25)24-11-8-18(6-9-23-10-7-18)16(24)27-17(26)19(20,21)22/h1,3-5,12,16,23H,6-11H2. The van der Waals surface area contributed by atoms with Crippen LogP contribution in [-0.4, -0.2) is 48.8 Å². The second-order valence-corrected chi connectivity index (χ2v) is 6.84. The summed E-state index contributed by atoms with van der Waals surface area (Å²) in [6, 6.07) is 6.30. The largest absolute Gasteiger partial charge is 0.491 e. The second-order valence-electron chi connectivity index (χ2n) is 6.84. The van der Waals surface area contributed by atoms with Gasteiger partial charge in [0.1, 0.15) is 0 Å². The minimum Gasteiger partial charge on any atom is -0.434 e. The van der Waals surface area contributed by atoms with Crippen LogP contribution in [-0.2, 0) is 9.53 Å². The van der Waals surface area contributed by atoms with Crippen LogP contribution in [0.5, 0.6) is 0 Å². The summed E-state index contributed by atoms with van der Waals surface area (Å²) in [5.74, 6) is -0.353. The molecule has 1 aromatic rings. The number of esters is 1. The number of carbonyl (C=O) groups is 2. The Morgan fingerprint density at radius 2 is 1.96 bits per heavy atom. The number of likely N-dealkylation sites (tertiary alicyclic amines) is 1. The number of hydrogen-bond acceptors (Lipinski definition) is 4. The number of nitrogens with one attached hydrogen (secondary N) is 1. The molecule has 1 aromatic carbocycles. The van der Waals surface area contributed by atoms with Gasteiger partial charge in [-0.05, 0) is 50.6 Å². The number of alkyl halides is 3. The molecule has 1 N–H and O–H groups in total. The molecule has 2 saturated heterocycles. The van der Waals surface area contributed by atoms with Crippen LogP contribution in [0.25, 0.3) is 0 Å². The average molecular weight is 380 g/mol. The highest BCUT2D eigenvalue weighted by molar-refractivity contribution is 5.95. The van der Waals surface area contributed by atoms with E-state index in [0.29, 0.717) is 37.9 Å². The summed E-state index contributed by atoms with van der Waals surface area (Å²) in [4.78, 5) is 25.7. The zero-order valence-electron chi connectivity index (χ0n) is 14.5. The summed E-state index contributed by atoms with van der Waals surface area (Å²) < 4.78 is 43.2. The number of hydrogen-bond donors (Lipinski definition) is 1. The molecular weight excluding hydrogens is 361 g/mol. The lowest BCUT2D eigenvalue weighted by Gasteiger charge is -2.40. The Morgan fingerprint density at radius 1 is 1.26 bits per heavy atom. The van der Waals surface area contributed by atoms with Crippen LogP contribution in [0.15, 0.2) is 24.3 Å². The minimum atomic E-state index is -5.12. The number of halogens is 3. The third-order valence-corrected chi connectivity index (χ3v) is 5.24. The van der Waals surface area contributed by atoms with Crippen molar-refractivity contribution < 1.29 is 27.5 Å². The van der Waals surface area contributed by atoms with Gasteiger partial charge in [0.25, 0.3) is 5.91 Å². The molecule has 1 atom stereocenters. The third kappa shape index (κ3) is 3.78. The van der Waals surface area contributed by atoms with Crippen molar-refractivity contribution in [3.05, 3.63) is 35.4 Å². The molecule has 144 valence electrons. The molecule has 1 amide bonds. The first-order valence-electron chi connectivity index (χ1n) is 8.63. The van der Waals surface area contributed by atoms with Gasteiger partial charge in [0.2, 0.25) is 0 Å². The molecule has 0 saturated carbocycles. The molecular formula is C19H19F3N2O3. The highest BCUT2D eigenvalue weighted by Gasteiger charge is 2.54. The fourth-order valence-electron chi connectivity index (χ4n) is 3.81. The highest BCUT2D eigenvalue weighted by Crippen LogP contribution is 2.45. The van der Waals surface area contributed by atoms with Gasteiger partial charge in [0.05, 0.1) is 0 Å². The average Bonchev–Trinajstić information content (AvgIpc) is 2.98. The Morgan fingerprint density at radius 3 is 2.59 bits per heavy atom. The van der Waals surface area contributed by atoms with Crippen molar-refractivity contribution in [3.63, 3.8) is 0 Å². The maximum Gasteiger partial charge on any atom is 0.491 e. The normalized spacial score (nSPS) is 21.7. The van der Waals surface area contributed by atoms with Gasteiger partial charge in [-0.2, -0.15) is 13.2 Å². The summed E-state index contributed by atoms with van der Waals surface area (Å²) in [7, 11) is 0. The Labute approximate surface area is 154 Å². The van der Waals surface area contributed by atoms with Crippen LogP contribution < -0.4 is 5.32 Å². The van der Waals surface area contributed by atoms with Crippen LogP contribution in [0.1, 0.15) is 35.2 Å². The van der Waals surface area contributed by atoms with E-state index in [-0.39, 0.29) is 12.1 Å². The minimum absolute atomic E-state index is 0.217. The predicted octanol–water partition coefficient (Wildman–Crippen LogP) is 2.32. The van der Waals surface area contributed by atoms with Crippen molar-refractivity contribution in [2.75, 3.05) is 19.6 Å². The number of benzene rings is 1. The number of ether oxygens (including phenoxy) is 1. The van der Waals surface area contributed by atoms with Crippen LogP contribution >= 0.6 is 0 Å². The van der Waals surface area contributed by atoms with E-state index < -0.39 is 29.7 Å². The van der Waals surface area contributed by atoms with E-state index in [1.54, 1.807) is 18.2 Å². The fraction of sp³-hybridized carbons (Fsp3) is 0.474. The van der Waals surface area contributed by atoms with E-state index in [1.165, 1.54) is 11.0 Å². The molecule has 5 nitrogen and oxygen atoms in total. The molecule has 1 spiro atoms. The molecule has 0 aromatic heterocycles. The summed E-state index contributed by atoms with van der Waals surface area (Å²) >= 11 is 0. The lowest BCUT2D eigenvalue weighted by molar-refractivity contribution is -0.216. The lowest BCUT2D eigenvalue weighted by atomic mass is 9.76. The summed E-state index contributed by atoms with van der Waals surface area (Å²) in [6.07, 6.45) is 0.506. The SMILES string of the molecule is C#Cc1cccc(C(=O)N2CCC3(CCNCC3)C2OC(=O)C(F)(F)F)c1.